The van der Waals surface area contributed by atoms with Crippen molar-refractivity contribution in [3.05, 3.63) is 30.3 Å². The van der Waals surface area contributed by atoms with Crippen molar-refractivity contribution in [3.63, 3.8) is 0 Å². The highest BCUT2D eigenvalue weighted by Gasteiger charge is 2.76. The maximum Gasteiger partial charge on any atom is 0.351 e. The minimum absolute atomic E-state index is 0.181. The van der Waals surface area contributed by atoms with E-state index in [9.17, 15) is 138 Å². The van der Waals surface area contributed by atoms with Gasteiger partial charge in [-0.3, -0.25) is 14.4 Å². The first-order chi connectivity index (χ1) is 62.0. The third kappa shape index (κ3) is 85.0. The van der Waals surface area contributed by atoms with Crippen LogP contribution in [0.15, 0.2) is 30.3 Å². The number of aliphatic hydroxyl groups is 2. The standard InChI is InChI=1S/C13H18O4.C12H16O6.C12H24O2.C8H8O3.2C8H16O2.C5H10O3.C4H6O4.C4H8O3.2C4H8O2.C3H6O3.C2H4O3.2C2H4O2/c14-11(15)7-17-12(16)13-4-8-1-9(5-13)3-10(2-8)6-13;1-10(2)11(3)4-5-12(10,18-8(11)15)9(16)17-6-7(13)14;1-2-3-4-5-6-7-8-9-10-11-12(13)14;9-8(10)6-11-7-4-2-1-3-5-7;2*1-2-3-4-5-6-7-8(9)10;1-5(2,8-3)4(6)7;1-3(5)8-2-4(6)7;1-4(2,7)3(5)6;2*1-2-3-4(5)6;1-6-2-3(4)5;3-1-2(4)5;2*1-2(3)4/h8-10H,1-7H2,(H,14,15);4-6H2,1-3H3,(H,13,14);2-11H2,1H3,(H,13,14);1-5H,6H2,(H,9,10);2*2-7H2,1H3,(H,9,10);1-3H3,(H,6,7);2H2,1H3,(H,6,7);7H,1-2H3,(H,5,6);2*2-3H2,1H3,(H,5,6);2H2,1H3,(H,4,5);3H,1H2,(H,4,5);2*1H3,(H,3,4)/p-15. The van der Waals surface area contributed by atoms with Gasteiger partial charge in [0.05, 0.1) is 77.4 Å². The van der Waals surface area contributed by atoms with Gasteiger partial charge in [0.15, 0.2) is 0 Å². The summed E-state index contributed by atoms with van der Waals surface area (Å²) in [4.78, 5) is 191. The van der Waals surface area contributed by atoms with E-state index in [-0.39, 0.29) is 50.1 Å². The second-order valence-electron chi connectivity index (χ2n) is 32.3. The first-order valence-corrected chi connectivity index (χ1v) is 43.7. The van der Waals surface area contributed by atoms with Crippen molar-refractivity contribution in [1.29, 1.82) is 0 Å². The molecule has 6 aliphatic rings. The summed E-state index contributed by atoms with van der Waals surface area (Å²) >= 11 is 0. The zero-order valence-corrected chi connectivity index (χ0v) is 80.5. The van der Waals surface area contributed by atoms with Crippen LogP contribution in [-0.4, -0.2) is 194 Å². The number of carbonyl (C=O) groups excluding carboxylic acids is 19. The monoisotopic (exact) mass is 1920 g/mol. The number of fused-ring (bicyclic) bond motifs is 2. The second kappa shape index (κ2) is 83.6. The average Bonchev–Trinajstić information content (AvgIpc) is 1.52. The van der Waals surface area contributed by atoms with Gasteiger partial charge in [-0.1, -0.05) is 182 Å². The number of hydrogen-bond donors (Lipinski definition) is 2. The van der Waals surface area contributed by atoms with Gasteiger partial charge in [0.2, 0.25) is 5.60 Å². The molecule has 7 rings (SSSR count). The molecule has 0 aromatic heterocycles. The number of para-hydroxylation sites is 1. The number of unbranched alkanes of at least 4 members (excludes halogenated alkanes) is 16. The molecule has 1 aliphatic heterocycles. The number of carboxylic acid groups (broad SMARTS) is 15. The third-order valence-electron chi connectivity index (χ3n) is 19.3. The summed E-state index contributed by atoms with van der Waals surface area (Å²) in [5.41, 5.74) is -6.02. The molecule has 1 heterocycles. The van der Waals surface area contributed by atoms with E-state index in [0.29, 0.717) is 49.2 Å². The second-order valence-corrected chi connectivity index (χ2v) is 32.3. The lowest BCUT2D eigenvalue weighted by Crippen LogP contribution is -2.51. The Morgan fingerprint density at radius 3 is 0.881 bits per heavy atom. The quantitative estimate of drug-likeness (QED) is 0.0349. The van der Waals surface area contributed by atoms with Crippen molar-refractivity contribution in [3.8, 4) is 5.75 Å². The van der Waals surface area contributed by atoms with E-state index in [1.165, 1.54) is 118 Å². The lowest BCUT2D eigenvalue weighted by atomic mass is 9.49. The number of rotatable bonds is 43. The highest BCUT2D eigenvalue weighted by Crippen LogP contribution is 2.66. The van der Waals surface area contributed by atoms with Crippen LogP contribution in [0.25, 0.3) is 0 Å². The molecule has 5 aliphatic carbocycles. The largest absolute Gasteiger partial charge is 0.550 e. The number of benzene rings is 1. The lowest BCUT2D eigenvalue weighted by molar-refractivity contribution is -0.324. The van der Waals surface area contributed by atoms with Crippen molar-refractivity contribution in [2.45, 2.75) is 339 Å². The van der Waals surface area contributed by atoms with Gasteiger partial charge in [-0.2, -0.15) is 0 Å². The summed E-state index contributed by atoms with van der Waals surface area (Å²) in [6.07, 6.45) is 31.5. The molecule has 43 nitrogen and oxygen atoms in total. The fraction of sp³-hybridized carbons (Fsp3) is 0.725. The number of methoxy groups -OCH3 is 2. The number of carboxylic acids is 15. The van der Waals surface area contributed by atoms with Crippen molar-refractivity contribution < 1.29 is 211 Å². The zero-order valence-electron chi connectivity index (χ0n) is 80.5. The van der Waals surface area contributed by atoms with Gasteiger partial charge >= 0.3 is 23.9 Å². The van der Waals surface area contributed by atoms with Gasteiger partial charge in [0.1, 0.15) is 37.8 Å². The van der Waals surface area contributed by atoms with Crippen LogP contribution in [0.3, 0.4) is 0 Å². The van der Waals surface area contributed by atoms with E-state index < -0.39 is 168 Å². The fourth-order valence-corrected chi connectivity index (χ4v) is 12.3. The Kier molecular flexibility index (Phi) is 87.8. The van der Waals surface area contributed by atoms with Gasteiger partial charge in [-0.25, -0.2) is 4.79 Å². The summed E-state index contributed by atoms with van der Waals surface area (Å²) < 4.78 is 32.3. The number of aliphatic hydroxyl groups excluding tert-OH is 1. The number of ether oxygens (including phenoxy) is 7. The topological polar surface area (TPSA) is 775 Å². The van der Waals surface area contributed by atoms with E-state index in [1.54, 1.807) is 58.9 Å². The molecule has 1 saturated heterocycles. The Labute approximate surface area is 784 Å². The molecule has 2 atom stereocenters. The Morgan fingerprint density at radius 1 is 0.396 bits per heavy atom. The molecule has 5 saturated carbocycles. The Bertz CT molecular complexity index is 3380. The van der Waals surface area contributed by atoms with Crippen LogP contribution in [-0.2, 0) is 120 Å². The van der Waals surface area contributed by atoms with Crippen LogP contribution in [0.2, 0.25) is 0 Å². The van der Waals surface area contributed by atoms with Crippen LogP contribution >= 0.6 is 0 Å². The molecule has 778 valence electrons. The maximum absolute atomic E-state index is 12.1. The molecule has 1 aromatic carbocycles. The number of aliphatic carboxylic acids is 15. The summed E-state index contributed by atoms with van der Waals surface area (Å²) in [5.74, 6) is -17.1. The lowest BCUT2D eigenvalue weighted by Gasteiger charge is -2.55. The first-order valence-electron chi connectivity index (χ1n) is 43.7. The van der Waals surface area contributed by atoms with E-state index in [0.717, 1.165) is 105 Å². The minimum atomic E-state index is -1.69. The smallest absolute Gasteiger partial charge is 0.351 e. The highest BCUT2D eigenvalue weighted by molar-refractivity contribution is 5.94. The van der Waals surface area contributed by atoms with E-state index in [4.69, 9.17) is 54.1 Å². The molecule has 6 fully saturated rings. The summed E-state index contributed by atoms with van der Waals surface area (Å²) in [6.45, 7) is 20.0. The number of carbonyl (C=O) groups is 19. The molecule has 134 heavy (non-hydrogen) atoms. The van der Waals surface area contributed by atoms with Gasteiger partial charge < -0.3 is 192 Å². The summed E-state index contributed by atoms with van der Waals surface area (Å²) in [6, 6.07) is 8.73. The molecule has 0 radical (unpaired) electrons. The van der Waals surface area contributed by atoms with Gasteiger partial charge in [-0.05, 0) is 181 Å². The molecule has 43 heteroatoms. The van der Waals surface area contributed by atoms with E-state index >= 15 is 0 Å². The van der Waals surface area contributed by atoms with Crippen molar-refractivity contribution in [2.24, 2.45) is 34.0 Å². The molecule has 1 aromatic rings. The summed E-state index contributed by atoms with van der Waals surface area (Å²) in [7, 11) is 2.63. The maximum atomic E-state index is 12.1. The van der Waals surface area contributed by atoms with Crippen LogP contribution in [0, 0.1) is 34.0 Å². The van der Waals surface area contributed by atoms with Crippen molar-refractivity contribution >= 4 is 113 Å². The van der Waals surface area contributed by atoms with Gasteiger partial charge in [0.25, 0.3) is 0 Å². The van der Waals surface area contributed by atoms with E-state index in [1.807, 2.05) is 6.07 Å². The summed E-state index contributed by atoms with van der Waals surface area (Å²) in [5, 5.41) is 161. The predicted molar refractivity (Wildman–Crippen MR) is 442 cm³/mol. The molecule has 2 unspecified atom stereocenters. The Hall–Kier alpha value is -11.2. The fourth-order valence-electron chi connectivity index (χ4n) is 12.3. The molecule has 6 bridgehead atoms. The zero-order chi connectivity index (χ0) is 106. The van der Waals surface area contributed by atoms with E-state index in [2.05, 4.69) is 39.7 Å². The third-order valence-corrected chi connectivity index (χ3v) is 19.3. The normalized spacial score (nSPS) is 17.0. The van der Waals surface area contributed by atoms with Gasteiger partial charge in [0, 0.05) is 68.3 Å². The first kappa shape index (κ1) is 141. The number of esters is 4. The van der Waals surface area contributed by atoms with Crippen LogP contribution in [0.5, 0.6) is 5.75 Å². The molecule has 2 N–H and O–H groups in total. The minimum Gasteiger partial charge on any atom is -0.550 e. The van der Waals surface area contributed by atoms with Crippen LogP contribution < -0.4 is 81.3 Å². The van der Waals surface area contributed by atoms with Crippen molar-refractivity contribution in [2.75, 3.05) is 53.9 Å². The molecular weight excluding hydrogens is 1780 g/mol. The Morgan fingerprint density at radius 2 is 0.687 bits per heavy atom. The predicted octanol–water partition coefficient (Wildman–Crippen LogP) is -6.77. The molecule has 0 spiro atoms. The average molecular weight is 1920 g/mol. The van der Waals surface area contributed by atoms with Crippen molar-refractivity contribution in [1.82, 2.24) is 0 Å². The van der Waals surface area contributed by atoms with Gasteiger partial charge in [-0.15, -0.1) is 0 Å². The SMILES string of the molecule is CC(=O)OCC(=O)[O-].CC(=O)[O-].CC(=O)[O-].CC(C)(O)C(=O)[O-].CC12CCC(C(=O)OCC(=O)[O-])(OC1=O)C2(C)C.CCCC(=O)[O-].CCCC(=O)[O-].CCCCCCCC(=O)[O-].CCCCCCCC(=O)[O-].CCCCCCCCCCCC(=O)[O-].COC(C)(C)C(=O)[O-].COCC(=O)[O-].O=C([O-])CO.O=C([O-])COC(=O)C12CC3CC(CC(C3)C1)C2.O=C([O-])COc1ccccc1. The van der Waals surface area contributed by atoms with Crippen LogP contribution in [0.1, 0.15) is 322 Å². The van der Waals surface area contributed by atoms with Crippen LogP contribution in [0.4, 0.5) is 0 Å². The molecular formula is C91H141O43-15. The Balaban J connectivity index is -0.000000182. The number of hydrogen-bond acceptors (Lipinski definition) is 43. The molecule has 0 amide bonds. The highest BCUT2D eigenvalue weighted by atomic mass is 16.6.